The van der Waals surface area contributed by atoms with Gasteiger partial charge in [-0.1, -0.05) is 23.7 Å². The molecule has 5 nitrogen and oxygen atoms in total. The topological polar surface area (TPSA) is 52.0 Å². The molecule has 0 bridgehead atoms. The summed E-state index contributed by atoms with van der Waals surface area (Å²) in [6, 6.07) is 13.6. The maximum atomic E-state index is 13.2. The van der Waals surface area contributed by atoms with E-state index < -0.39 is 0 Å². The van der Waals surface area contributed by atoms with Gasteiger partial charge in [0.25, 0.3) is 0 Å². The van der Waals surface area contributed by atoms with Crippen molar-refractivity contribution in [2.24, 2.45) is 7.05 Å². The van der Waals surface area contributed by atoms with Crippen molar-refractivity contribution in [3.8, 4) is 5.75 Å². The van der Waals surface area contributed by atoms with E-state index in [1.54, 1.807) is 24.3 Å². The average molecular weight is 383 g/mol. The van der Waals surface area contributed by atoms with Gasteiger partial charge in [-0.05, 0) is 42.0 Å². The molecule has 0 saturated heterocycles. The molecular weight excluding hydrogens is 367 g/mol. The van der Waals surface area contributed by atoms with Crippen LogP contribution >= 0.6 is 11.6 Å². The van der Waals surface area contributed by atoms with Gasteiger partial charge in [-0.2, -0.15) is 0 Å². The van der Waals surface area contributed by atoms with Gasteiger partial charge >= 0.3 is 0 Å². The fraction of sp³-hybridized carbons (Fsp3) is 0.100. The number of hydrogen-bond donors (Lipinski definition) is 1. The molecule has 4 rings (SSSR count). The largest absolute Gasteiger partial charge is 0.487 e. The summed E-state index contributed by atoms with van der Waals surface area (Å²) in [5.41, 5.74) is 3.27. The van der Waals surface area contributed by atoms with Gasteiger partial charge in [-0.3, -0.25) is 0 Å². The zero-order valence-electron chi connectivity index (χ0n) is 14.5. The van der Waals surface area contributed by atoms with E-state index in [2.05, 4.69) is 15.3 Å². The minimum atomic E-state index is -0.293. The molecule has 1 N–H and O–H groups in total. The highest BCUT2D eigenvalue weighted by Crippen LogP contribution is 2.31. The Morgan fingerprint density at radius 1 is 1.15 bits per heavy atom. The molecule has 0 radical (unpaired) electrons. The SMILES string of the molecule is Cn1ccc2ncnc(Nc3ccc(OCc4cccc(F)c4)c(Cl)c3)c21. The molecule has 0 atom stereocenters. The van der Waals surface area contributed by atoms with Crippen molar-refractivity contribution in [2.45, 2.75) is 6.61 Å². The van der Waals surface area contributed by atoms with Gasteiger partial charge in [-0.15, -0.1) is 0 Å². The minimum Gasteiger partial charge on any atom is -0.487 e. The predicted octanol–water partition coefficient (Wildman–Crippen LogP) is 5.08. The Morgan fingerprint density at radius 3 is 2.85 bits per heavy atom. The quantitative estimate of drug-likeness (QED) is 0.522. The van der Waals surface area contributed by atoms with Crippen LogP contribution in [0.1, 0.15) is 5.56 Å². The van der Waals surface area contributed by atoms with E-state index in [1.165, 1.54) is 18.5 Å². The highest BCUT2D eigenvalue weighted by atomic mass is 35.5. The monoisotopic (exact) mass is 382 g/mol. The Morgan fingerprint density at radius 2 is 2.04 bits per heavy atom. The molecule has 7 heteroatoms. The van der Waals surface area contributed by atoms with Gasteiger partial charge in [0.05, 0.1) is 10.5 Å². The summed E-state index contributed by atoms with van der Waals surface area (Å²) < 4.78 is 20.9. The van der Waals surface area contributed by atoms with Crippen LogP contribution in [0.15, 0.2) is 61.1 Å². The molecule has 0 fully saturated rings. The van der Waals surface area contributed by atoms with Crippen molar-refractivity contribution in [3.05, 3.63) is 77.5 Å². The van der Waals surface area contributed by atoms with Crippen LogP contribution in [-0.4, -0.2) is 14.5 Å². The van der Waals surface area contributed by atoms with Gasteiger partial charge in [0.15, 0.2) is 5.82 Å². The number of nitrogens with one attached hydrogen (secondary N) is 1. The molecule has 0 aliphatic rings. The maximum absolute atomic E-state index is 13.2. The summed E-state index contributed by atoms with van der Waals surface area (Å²) in [5, 5.41) is 3.71. The summed E-state index contributed by atoms with van der Waals surface area (Å²) in [6.45, 7) is 0.236. The van der Waals surface area contributed by atoms with Crippen LogP contribution in [0.4, 0.5) is 15.9 Å². The van der Waals surface area contributed by atoms with Gasteiger partial charge in [0, 0.05) is 18.9 Å². The normalized spacial score (nSPS) is 10.9. The number of anilines is 2. The molecule has 2 heterocycles. The molecule has 0 aliphatic carbocycles. The first kappa shape index (κ1) is 17.3. The van der Waals surface area contributed by atoms with Crippen LogP contribution in [0.5, 0.6) is 5.75 Å². The molecule has 4 aromatic rings. The smallest absolute Gasteiger partial charge is 0.158 e. The number of benzene rings is 2. The van der Waals surface area contributed by atoms with Gasteiger partial charge < -0.3 is 14.6 Å². The van der Waals surface area contributed by atoms with E-state index in [9.17, 15) is 4.39 Å². The summed E-state index contributed by atoms with van der Waals surface area (Å²) in [7, 11) is 1.94. The molecule has 136 valence electrons. The van der Waals surface area contributed by atoms with Crippen molar-refractivity contribution in [1.29, 1.82) is 0 Å². The third kappa shape index (κ3) is 3.71. The molecule has 2 aromatic carbocycles. The number of rotatable bonds is 5. The third-order valence-corrected chi connectivity index (χ3v) is 4.43. The molecule has 27 heavy (non-hydrogen) atoms. The number of aromatic nitrogens is 3. The highest BCUT2D eigenvalue weighted by Gasteiger charge is 2.09. The number of ether oxygens (including phenoxy) is 1. The Labute approximate surface area is 160 Å². The second-order valence-electron chi connectivity index (χ2n) is 6.07. The van der Waals surface area contributed by atoms with Crippen LogP contribution in [-0.2, 0) is 13.7 Å². The summed E-state index contributed by atoms with van der Waals surface area (Å²) >= 11 is 6.34. The maximum Gasteiger partial charge on any atom is 0.158 e. The molecule has 0 spiro atoms. The lowest BCUT2D eigenvalue weighted by atomic mass is 10.2. The Kier molecular flexibility index (Phi) is 4.64. The van der Waals surface area contributed by atoms with Crippen LogP contribution < -0.4 is 10.1 Å². The third-order valence-electron chi connectivity index (χ3n) is 4.14. The van der Waals surface area contributed by atoms with Crippen LogP contribution in [0.25, 0.3) is 11.0 Å². The number of halogens is 2. The number of aryl methyl sites for hydroxylation is 1. The minimum absolute atomic E-state index is 0.236. The summed E-state index contributed by atoms with van der Waals surface area (Å²) in [6.07, 6.45) is 3.45. The number of fused-ring (bicyclic) bond motifs is 1. The van der Waals surface area contributed by atoms with E-state index in [1.807, 2.05) is 29.9 Å². The van der Waals surface area contributed by atoms with Crippen molar-refractivity contribution in [2.75, 3.05) is 5.32 Å². The zero-order chi connectivity index (χ0) is 18.8. The Balaban J connectivity index is 1.52. The lowest BCUT2D eigenvalue weighted by Gasteiger charge is -2.12. The van der Waals surface area contributed by atoms with Gasteiger partial charge in [-0.25, -0.2) is 14.4 Å². The van der Waals surface area contributed by atoms with E-state index in [-0.39, 0.29) is 12.4 Å². The number of nitrogens with zero attached hydrogens (tertiary/aromatic N) is 3. The van der Waals surface area contributed by atoms with E-state index in [0.29, 0.717) is 16.6 Å². The summed E-state index contributed by atoms with van der Waals surface area (Å²) in [4.78, 5) is 8.57. The predicted molar refractivity (Wildman–Crippen MR) is 104 cm³/mol. The van der Waals surface area contributed by atoms with E-state index >= 15 is 0 Å². The van der Waals surface area contributed by atoms with E-state index in [0.717, 1.165) is 22.3 Å². The van der Waals surface area contributed by atoms with Crippen LogP contribution in [0.2, 0.25) is 5.02 Å². The second-order valence-corrected chi connectivity index (χ2v) is 6.48. The van der Waals surface area contributed by atoms with Crippen molar-refractivity contribution in [1.82, 2.24) is 14.5 Å². The fourth-order valence-corrected chi connectivity index (χ4v) is 3.07. The van der Waals surface area contributed by atoms with Crippen molar-refractivity contribution < 1.29 is 9.13 Å². The lowest BCUT2D eigenvalue weighted by Crippen LogP contribution is -2.00. The first-order valence-corrected chi connectivity index (χ1v) is 8.68. The Hall–Kier alpha value is -3.12. The second kappa shape index (κ2) is 7.25. The van der Waals surface area contributed by atoms with Crippen LogP contribution in [0.3, 0.4) is 0 Å². The molecular formula is C20H16ClFN4O. The highest BCUT2D eigenvalue weighted by molar-refractivity contribution is 6.32. The first-order chi connectivity index (χ1) is 13.1. The number of hydrogen-bond acceptors (Lipinski definition) is 4. The van der Waals surface area contributed by atoms with Crippen molar-refractivity contribution in [3.63, 3.8) is 0 Å². The lowest BCUT2D eigenvalue weighted by molar-refractivity contribution is 0.306. The molecule has 0 unspecified atom stereocenters. The molecule has 2 aromatic heterocycles. The van der Waals surface area contributed by atoms with Crippen molar-refractivity contribution >= 4 is 34.1 Å². The van der Waals surface area contributed by atoms with Gasteiger partial charge in [0.2, 0.25) is 0 Å². The summed E-state index contributed by atoms with van der Waals surface area (Å²) in [5.74, 6) is 0.925. The van der Waals surface area contributed by atoms with Gasteiger partial charge in [0.1, 0.15) is 30.0 Å². The zero-order valence-corrected chi connectivity index (χ0v) is 15.2. The van der Waals surface area contributed by atoms with E-state index in [4.69, 9.17) is 16.3 Å². The standard InChI is InChI=1S/C20H16ClFN4O/c1-26-8-7-17-19(26)20(24-12-23-17)25-15-5-6-18(16(21)10-15)27-11-13-3-2-4-14(22)9-13/h2-10,12H,11H2,1H3,(H,23,24,25). The Bertz CT molecular complexity index is 1110. The molecule has 0 saturated carbocycles. The molecule has 0 aliphatic heterocycles. The first-order valence-electron chi connectivity index (χ1n) is 8.30. The molecule has 0 amide bonds. The fourth-order valence-electron chi connectivity index (χ4n) is 2.83. The van der Waals surface area contributed by atoms with Crippen LogP contribution in [0, 0.1) is 5.82 Å². The average Bonchev–Trinajstić information content (AvgIpc) is 3.03.